The fraction of sp³-hybridized carbons (Fsp3) is 0.185. The van der Waals surface area contributed by atoms with Gasteiger partial charge >= 0.3 is 0 Å². The summed E-state index contributed by atoms with van der Waals surface area (Å²) in [5.74, 6) is 0.598. The van der Waals surface area contributed by atoms with Crippen molar-refractivity contribution in [3.63, 3.8) is 0 Å². The van der Waals surface area contributed by atoms with Crippen LogP contribution in [-0.4, -0.2) is 46.0 Å². The third kappa shape index (κ3) is 3.79. The van der Waals surface area contributed by atoms with E-state index in [0.29, 0.717) is 0 Å². The molecule has 3 aromatic carbocycles. The molecule has 0 bridgehead atoms. The number of benzene rings is 3. The monoisotopic (exact) mass is 471 g/mol. The second kappa shape index (κ2) is 8.70. The van der Waals surface area contributed by atoms with Gasteiger partial charge in [-0.05, 0) is 41.5 Å². The molecule has 7 heteroatoms. The van der Waals surface area contributed by atoms with Crippen LogP contribution in [0.2, 0.25) is 5.02 Å². The van der Waals surface area contributed by atoms with Gasteiger partial charge in [0.25, 0.3) is 0 Å². The first-order chi connectivity index (χ1) is 16.7. The first-order valence-corrected chi connectivity index (χ1v) is 11.8. The van der Waals surface area contributed by atoms with Gasteiger partial charge in [0.15, 0.2) is 5.82 Å². The Bertz CT molecular complexity index is 1440. The first kappa shape index (κ1) is 21.1. The molecule has 34 heavy (non-hydrogen) atoms. The van der Waals surface area contributed by atoms with Gasteiger partial charge in [0.1, 0.15) is 23.2 Å². The van der Waals surface area contributed by atoms with E-state index in [1.165, 1.54) is 23.3 Å². The zero-order chi connectivity index (χ0) is 23.1. The number of halogens is 2. The number of H-pyrrole nitrogens is 1. The van der Waals surface area contributed by atoms with Gasteiger partial charge in [-0.2, -0.15) is 0 Å². The number of aromatic amines is 1. The summed E-state index contributed by atoms with van der Waals surface area (Å²) >= 11 is 6.16. The number of nitrogens with one attached hydrogen (secondary N) is 1. The van der Waals surface area contributed by atoms with Crippen molar-refractivity contribution in [3.8, 4) is 0 Å². The minimum Gasteiger partial charge on any atom is -0.352 e. The summed E-state index contributed by atoms with van der Waals surface area (Å²) in [7, 11) is 0. The fourth-order valence-corrected chi connectivity index (χ4v) is 5.10. The van der Waals surface area contributed by atoms with Crippen LogP contribution in [0.15, 0.2) is 79.1 Å². The molecule has 170 valence electrons. The summed E-state index contributed by atoms with van der Waals surface area (Å²) in [6.45, 7) is 3.41. The molecule has 1 atom stereocenters. The SMILES string of the molecule is Fc1ccc2[nH]c3c(N4CCN([C@H](c5ccccc5)c5ccc(Cl)cc5)CC4)ncnc3c2c1. The molecule has 6 rings (SSSR count). The minimum atomic E-state index is -0.267. The number of fused-ring (bicyclic) bond motifs is 3. The van der Waals surface area contributed by atoms with Gasteiger partial charge in [0.05, 0.1) is 6.04 Å². The third-order valence-electron chi connectivity index (χ3n) is 6.60. The van der Waals surface area contributed by atoms with Crippen molar-refractivity contribution < 1.29 is 4.39 Å². The maximum absolute atomic E-state index is 13.8. The standard InChI is InChI=1S/C27H23ClFN5/c28-20-8-6-19(7-9-20)26(18-4-2-1-3-5-18)33-12-14-34(15-13-33)27-25-24(30-17-31-27)22-16-21(29)10-11-23(22)32-25/h1-11,16-17,26,32H,12-15H2/t26-/m1/s1. The number of piperazine rings is 1. The molecule has 0 unspecified atom stereocenters. The van der Waals surface area contributed by atoms with Crippen LogP contribution in [0.1, 0.15) is 17.2 Å². The van der Waals surface area contributed by atoms with Crippen molar-refractivity contribution in [2.24, 2.45) is 0 Å². The summed E-state index contributed by atoms with van der Waals surface area (Å²) in [6.07, 6.45) is 1.57. The Kier molecular flexibility index (Phi) is 5.40. The molecule has 1 aliphatic rings. The zero-order valence-electron chi connectivity index (χ0n) is 18.5. The highest BCUT2D eigenvalue weighted by molar-refractivity contribution is 6.30. The Labute approximate surface area is 201 Å². The summed E-state index contributed by atoms with van der Waals surface area (Å²) in [5.41, 5.74) is 4.97. The zero-order valence-corrected chi connectivity index (χ0v) is 19.2. The molecule has 2 aromatic heterocycles. The number of anilines is 1. The molecule has 0 aliphatic carbocycles. The van der Waals surface area contributed by atoms with E-state index in [2.05, 4.69) is 61.1 Å². The van der Waals surface area contributed by atoms with Gasteiger partial charge in [0, 0.05) is 42.1 Å². The number of hydrogen-bond donors (Lipinski definition) is 1. The first-order valence-electron chi connectivity index (χ1n) is 11.4. The van der Waals surface area contributed by atoms with Gasteiger partial charge < -0.3 is 9.88 Å². The fourth-order valence-electron chi connectivity index (χ4n) is 4.98. The maximum Gasteiger partial charge on any atom is 0.156 e. The van der Waals surface area contributed by atoms with Crippen molar-refractivity contribution in [2.45, 2.75) is 6.04 Å². The smallest absolute Gasteiger partial charge is 0.156 e. The topological polar surface area (TPSA) is 48.1 Å². The Morgan fingerprint density at radius 2 is 1.59 bits per heavy atom. The van der Waals surface area contributed by atoms with Crippen molar-refractivity contribution in [2.75, 3.05) is 31.1 Å². The van der Waals surface area contributed by atoms with Crippen LogP contribution in [0.4, 0.5) is 10.2 Å². The van der Waals surface area contributed by atoms with Crippen LogP contribution < -0.4 is 4.90 Å². The molecule has 1 saturated heterocycles. The average Bonchev–Trinajstić information content (AvgIpc) is 3.24. The molecular formula is C27H23ClFN5. The number of hydrogen-bond acceptors (Lipinski definition) is 4. The Morgan fingerprint density at radius 3 is 2.35 bits per heavy atom. The molecule has 1 aliphatic heterocycles. The van der Waals surface area contributed by atoms with Crippen LogP contribution in [0, 0.1) is 5.82 Å². The summed E-state index contributed by atoms with van der Waals surface area (Å²) < 4.78 is 13.8. The van der Waals surface area contributed by atoms with E-state index in [1.54, 1.807) is 12.4 Å². The molecule has 1 N–H and O–H groups in total. The third-order valence-corrected chi connectivity index (χ3v) is 6.86. The molecule has 0 radical (unpaired) electrons. The van der Waals surface area contributed by atoms with E-state index < -0.39 is 0 Å². The molecule has 3 heterocycles. The molecule has 0 amide bonds. The van der Waals surface area contributed by atoms with Gasteiger partial charge in [0.2, 0.25) is 0 Å². The summed E-state index contributed by atoms with van der Waals surface area (Å²) in [4.78, 5) is 17.2. The largest absolute Gasteiger partial charge is 0.352 e. The van der Waals surface area contributed by atoms with Gasteiger partial charge in [-0.3, -0.25) is 4.90 Å². The van der Waals surface area contributed by atoms with E-state index >= 15 is 0 Å². The Hall–Kier alpha value is -3.48. The number of aromatic nitrogens is 3. The lowest BCUT2D eigenvalue weighted by atomic mass is 9.96. The van der Waals surface area contributed by atoms with Crippen molar-refractivity contribution in [3.05, 3.63) is 101 Å². The van der Waals surface area contributed by atoms with Crippen LogP contribution >= 0.6 is 11.6 Å². The highest BCUT2D eigenvalue weighted by Gasteiger charge is 2.28. The van der Waals surface area contributed by atoms with Crippen LogP contribution in [0.5, 0.6) is 0 Å². The summed E-state index contributed by atoms with van der Waals surface area (Å²) in [6, 6.07) is 23.6. The normalized spacial score (nSPS) is 15.8. The van der Waals surface area contributed by atoms with Crippen molar-refractivity contribution >= 4 is 39.4 Å². The predicted octanol–water partition coefficient (Wildman–Crippen LogP) is 5.82. The molecule has 0 spiro atoms. The van der Waals surface area contributed by atoms with Crippen molar-refractivity contribution in [1.29, 1.82) is 0 Å². The van der Waals surface area contributed by atoms with Crippen LogP contribution in [0.25, 0.3) is 21.9 Å². The Balaban J connectivity index is 1.30. The second-order valence-corrected chi connectivity index (χ2v) is 9.06. The Morgan fingerprint density at radius 1 is 0.853 bits per heavy atom. The highest BCUT2D eigenvalue weighted by atomic mass is 35.5. The van der Waals surface area contributed by atoms with E-state index in [-0.39, 0.29) is 11.9 Å². The van der Waals surface area contributed by atoms with E-state index in [1.807, 2.05) is 18.2 Å². The molecule has 5 aromatic rings. The molecular weight excluding hydrogens is 449 g/mol. The lowest BCUT2D eigenvalue weighted by molar-refractivity contribution is 0.212. The average molecular weight is 472 g/mol. The van der Waals surface area contributed by atoms with E-state index in [4.69, 9.17) is 11.6 Å². The number of nitrogens with zero attached hydrogens (tertiary/aromatic N) is 4. The summed E-state index contributed by atoms with van der Waals surface area (Å²) in [5, 5.41) is 1.52. The second-order valence-electron chi connectivity index (χ2n) is 8.62. The highest BCUT2D eigenvalue weighted by Crippen LogP contribution is 2.33. The van der Waals surface area contributed by atoms with Crippen LogP contribution in [-0.2, 0) is 0 Å². The van der Waals surface area contributed by atoms with Crippen LogP contribution in [0.3, 0.4) is 0 Å². The molecule has 0 saturated carbocycles. The predicted molar refractivity (Wildman–Crippen MR) is 135 cm³/mol. The van der Waals surface area contributed by atoms with Gasteiger partial charge in [-0.15, -0.1) is 0 Å². The number of rotatable bonds is 4. The van der Waals surface area contributed by atoms with E-state index in [9.17, 15) is 4.39 Å². The minimum absolute atomic E-state index is 0.155. The maximum atomic E-state index is 13.8. The lowest BCUT2D eigenvalue weighted by Crippen LogP contribution is -2.48. The quantitative estimate of drug-likeness (QED) is 0.359. The molecule has 5 nitrogen and oxygen atoms in total. The lowest BCUT2D eigenvalue weighted by Gasteiger charge is -2.40. The van der Waals surface area contributed by atoms with Crippen molar-refractivity contribution in [1.82, 2.24) is 19.9 Å². The van der Waals surface area contributed by atoms with E-state index in [0.717, 1.165) is 59.0 Å². The molecule has 1 fully saturated rings. The van der Waals surface area contributed by atoms with Gasteiger partial charge in [-0.25, -0.2) is 14.4 Å². The van der Waals surface area contributed by atoms with Gasteiger partial charge in [-0.1, -0.05) is 54.1 Å².